The van der Waals surface area contributed by atoms with Crippen LogP contribution in [-0.4, -0.2) is 11.4 Å². The van der Waals surface area contributed by atoms with Crippen LogP contribution in [0.4, 0.5) is 11.4 Å². The molecule has 3 heteroatoms. The van der Waals surface area contributed by atoms with E-state index in [1.54, 1.807) is 0 Å². The van der Waals surface area contributed by atoms with Gasteiger partial charge in [0.2, 0.25) is 0 Å². The van der Waals surface area contributed by atoms with Gasteiger partial charge in [-0.15, -0.1) is 0 Å². The minimum atomic E-state index is 0. The number of benzene rings is 2. The Morgan fingerprint density at radius 3 is 1.66 bits per heavy atom. The molecule has 2 rings (SSSR count). The van der Waals surface area contributed by atoms with E-state index in [4.69, 9.17) is 9.98 Å². The van der Waals surface area contributed by atoms with Crippen LogP contribution >= 0.6 is 0 Å². The van der Waals surface area contributed by atoms with Crippen LogP contribution in [0.5, 0.6) is 0 Å². The van der Waals surface area contributed by atoms with Crippen molar-refractivity contribution in [2.24, 2.45) is 9.98 Å². The molecule has 0 heterocycles. The summed E-state index contributed by atoms with van der Waals surface area (Å²) < 4.78 is 0. The second kappa shape index (κ2) is 12.8. The van der Waals surface area contributed by atoms with Gasteiger partial charge in [0, 0.05) is 16.5 Å². The Balaban J connectivity index is 0.00000420. The zero-order valence-electron chi connectivity index (χ0n) is 18.9. The zero-order valence-corrected chi connectivity index (χ0v) is 19.9. The molecule has 0 saturated heterocycles. The molecule has 0 N–H and O–H groups in total. The van der Waals surface area contributed by atoms with E-state index in [1.807, 2.05) is 0 Å². The summed E-state index contributed by atoms with van der Waals surface area (Å²) in [6, 6.07) is 13.0. The van der Waals surface area contributed by atoms with E-state index in [1.165, 1.54) is 22.3 Å². The standard InChI is InChI=1S/C26H36N2.Ni/c1-7-9-11-25(27-23-14-13-21(5)22(6)18-23)26(12-10-8-2)28-24-16-19(3)15-20(4)17-24;/h13-18H,7-12H2,1-6H3;. The van der Waals surface area contributed by atoms with Gasteiger partial charge in [-0.05, 0) is 99.9 Å². The molecule has 29 heavy (non-hydrogen) atoms. The minimum Gasteiger partial charge on any atom is -0.252 e. The maximum Gasteiger partial charge on any atom is 0.0639 e. The molecule has 0 aromatic heterocycles. The summed E-state index contributed by atoms with van der Waals surface area (Å²) in [6.07, 6.45) is 6.57. The summed E-state index contributed by atoms with van der Waals surface area (Å²) in [4.78, 5) is 10.2. The van der Waals surface area contributed by atoms with Gasteiger partial charge in [0.1, 0.15) is 0 Å². The molecule has 0 atom stereocenters. The molecule has 0 aliphatic rings. The molecule has 0 aliphatic carbocycles. The van der Waals surface area contributed by atoms with E-state index < -0.39 is 0 Å². The Labute approximate surface area is 187 Å². The monoisotopic (exact) mass is 434 g/mol. The Morgan fingerprint density at radius 2 is 1.17 bits per heavy atom. The number of hydrogen-bond acceptors (Lipinski definition) is 2. The van der Waals surface area contributed by atoms with E-state index >= 15 is 0 Å². The number of unbranched alkanes of at least 4 members (excludes halogenated alkanes) is 2. The van der Waals surface area contributed by atoms with Crippen molar-refractivity contribution in [3.8, 4) is 0 Å². The van der Waals surface area contributed by atoms with Crippen molar-refractivity contribution in [2.75, 3.05) is 0 Å². The van der Waals surface area contributed by atoms with Crippen molar-refractivity contribution in [3.63, 3.8) is 0 Å². The number of hydrogen-bond donors (Lipinski definition) is 0. The van der Waals surface area contributed by atoms with Crippen LogP contribution in [0.25, 0.3) is 0 Å². The van der Waals surface area contributed by atoms with Gasteiger partial charge in [0.05, 0.1) is 22.8 Å². The maximum absolute atomic E-state index is 5.09. The van der Waals surface area contributed by atoms with Crippen LogP contribution in [0.2, 0.25) is 0 Å². The molecule has 0 saturated carbocycles. The van der Waals surface area contributed by atoms with Crippen LogP contribution in [0, 0.1) is 27.7 Å². The molecule has 160 valence electrons. The number of aliphatic imine (C=N–C) groups is 2. The predicted molar refractivity (Wildman–Crippen MR) is 125 cm³/mol. The second-order valence-electron chi connectivity index (χ2n) is 7.94. The average Bonchev–Trinajstić information content (AvgIpc) is 2.64. The molecule has 0 amide bonds. The topological polar surface area (TPSA) is 24.7 Å². The quantitative estimate of drug-likeness (QED) is 0.281. The Bertz CT molecular complexity index is 830. The van der Waals surface area contributed by atoms with Crippen LogP contribution in [0.3, 0.4) is 0 Å². The Hall–Kier alpha value is -1.73. The van der Waals surface area contributed by atoms with Crippen molar-refractivity contribution in [1.82, 2.24) is 0 Å². The first-order chi connectivity index (χ1) is 13.4. The molecule has 0 spiro atoms. The number of rotatable bonds is 9. The van der Waals surface area contributed by atoms with Gasteiger partial charge in [-0.25, -0.2) is 0 Å². The molecular formula is C26H36N2Ni. The van der Waals surface area contributed by atoms with Crippen LogP contribution in [0.15, 0.2) is 46.4 Å². The molecule has 2 nitrogen and oxygen atoms in total. The third-order valence-electron chi connectivity index (χ3n) is 5.09. The Kier molecular flexibility index (Phi) is 11.1. The van der Waals surface area contributed by atoms with E-state index in [0.29, 0.717) is 0 Å². The van der Waals surface area contributed by atoms with Gasteiger partial charge < -0.3 is 0 Å². The molecule has 0 unspecified atom stereocenters. The van der Waals surface area contributed by atoms with E-state index in [9.17, 15) is 0 Å². The first-order valence-electron chi connectivity index (χ1n) is 10.7. The second-order valence-corrected chi connectivity index (χ2v) is 7.94. The van der Waals surface area contributed by atoms with Crippen LogP contribution in [-0.2, 0) is 16.5 Å². The zero-order chi connectivity index (χ0) is 20.5. The van der Waals surface area contributed by atoms with E-state index in [-0.39, 0.29) is 16.5 Å². The average molecular weight is 435 g/mol. The minimum absolute atomic E-state index is 0. The first kappa shape index (κ1) is 25.3. The fourth-order valence-corrected chi connectivity index (χ4v) is 3.34. The van der Waals surface area contributed by atoms with Gasteiger partial charge in [0.15, 0.2) is 0 Å². The fraction of sp³-hybridized carbons (Fsp3) is 0.462. The van der Waals surface area contributed by atoms with Crippen molar-refractivity contribution in [2.45, 2.75) is 80.1 Å². The van der Waals surface area contributed by atoms with Crippen molar-refractivity contribution in [3.05, 3.63) is 58.7 Å². The van der Waals surface area contributed by atoms with Crippen LogP contribution < -0.4 is 0 Å². The third-order valence-corrected chi connectivity index (χ3v) is 5.09. The van der Waals surface area contributed by atoms with Gasteiger partial charge in [-0.3, -0.25) is 9.98 Å². The summed E-state index contributed by atoms with van der Waals surface area (Å²) in [7, 11) is 0. The normalized spacial score (nSPS) is 12.1. The van der Waals surface area contributed by atoms with Crippen molar-refractivity contribution >= 4 is 22.8 Å². The van der Waals surface area contributed by atoms with Crippen molar-refractivity contribution < 1.29 is 16.5 Å². The van der Waals surface area contributed by atoms with Gasteiger partial charge in [-0.2, -0.15) is 0 Å². The van der Waals surface area contributed by atoms with Gasteiger partial charge in [0.25, 0.3) is 0 Å². The maximum atomic E-state index is 5.09. The molecule has 0 aliphatic heterocycles. The molecule has 0 bridgehead atoms. The molecule has 0 radical (unpaired) electrons. The number of nitrogens with zero attached hydrogens (tertiary/aromatic N) is 2. The summed E-state index contributed by atoms with van der Waals surface area (Å²) in [5, 5.41) is 0. The molecular weight excluding hydrogens is 399 g/mol. The molecule has 0 fully saturated rings. The number of aryl methyl sites for hydroxylation is 4. The van der Waals surface area contributed by atoms with E-state index in [2.05, 4.69) is 77.9 Å². The van der Waals surface area contributed by atoms with Crippen LogP contribution in [0.1, 0.15) is 74.6 Å². The van der Waals surface area contributed by atoms with Crippen molar-refractivity contribution in [1.29, 1.82) is 0 Å². The van der Waals surface area contributed by atoms with Gasteiger partial charge in [-0.1, -0.05) is 38.8 Å². The smallest absolute Gasteiger partial charge is 0.0639 e. The molecule has 2 aromatic carbocycles. The van der Waals surface area contributed by atoms with E-state index in [0.717, 1.165) is 61.3 Å². The third kappa shape index (κ3) is 8.27. The Morgan fingerprint density at radius 1 is 0.655 bits per heavy atom. The fourth-order valence-electron chi connectivity index (χ4n) is 3.34. The SMILES string of the molecule is CCCCC(=Nc1cc(C)cc(C)c1)C(CCCC)=Nc1ccc(C)c(C)c1.[Ni]. The predicted octanol–water partition coefficient (Wildman–Crippen LogP) is 8.14. The summed E-state index contributed by atoms with van der Waals surface area (Å²) in [6.45, 7) is 13.1. The summed E-state index contributed by atoms with van der Waals surface area (Å²) in [5.74, 6) is 0. The summed E-state index contributed by atoms with van der Waals surface area (Å²) >= 11 is 0. The largest absolute Gasteiger partial charge is 0.252 e. The van der Waals surface area contributed by atoms with Gasteiger partial charge >= 0.3 is 0 Å². The summed E-state index contributed by atoms with van der Waals surface area (Å²) in [5.41, 5.74) is 9.51. The first-order valence-corrected chi connectivity index (χ1v) is 10.7. The molecule has 2 aromatic rings.